The second kappa shape index (κ2) is 3.18. The van der Waals surface area contributed by atoms with E-state index in [1.165, 1.54) is 0 Å². The highest BCUT2D eigenvalue weighted by Crippen LogP contribution is 2.66. The summed E-state index contributed by atoms with van der Waals surface area (Å²) in [4.78, 5) is 22.1. The molecule has 0 spiro atoms. The highest BCUT2D eigenvalue weighted by atomic mass is 16.1. The standard InChI is InChI=1S/C12H18O2/c1-8(13)3-4-10-11-7-9(14)5-6-12(10,11)2/h10-11H,3-7H2,1-2H3. The lowest BCUT2D eigenvalue weighted by Gasteiger charge is -2.15. The van der Waals surface area contributed by atoms with Crippen LogP contribution in [-0.4, -0.2) is 11.6 Å². The Kier molecular flexibility index (Phi) is 2.24. The maximum Gasteiger partial charge on any atom is 0.133 e. The maximum atomic E-state index is 11.3. The molecule has 2 aliphatic rings. The minimum absolute atomic E-state index is 0.281. The monoisotopic (exact) mass is 194 g/mol. The molecule has 2 rings (SSSR count). The Morgan fingerprint density at radius 2 is 2.29 bits per heavy atom. The van der Waals surface area contributed by atoms with Gasteiger partial charge in [0.2, 0.25) is 0 Å². The summed E-state index contributed by atoms with van der Waals surface area (Å²) < 4.78 is 0. The largest absolute Gasteiger partial charge is 0.300 e. The first-order chi connectivity index (χ1) is 6.54. The molecule has 2 saturated carbocycles. The third-order valence-electron chi connectivity index (χ3n) is 4.27. The zero-order chi connectivity index (χ0) is 10.3. The normalized spacial score (nSPS) is 40.6. The summed E-state index contributed by atoms with van der Waals surface area (Å²) >= 11 is 0. The molecule has 0 radical (unpaired) electrons. The summed E-state index contributed by atoms with van der Waals surface area (Å²) in [7, 11) is 0. The van der Waals surface area contributed by atoms with Crippen molar-refractivity contribution in [3.8, 4) is 0 Å². The van der Waals surface area contributed by atoms with Crippen molar-refractivity contribution in [1.82, 2.24) is 0 Å². The summed E-state index contributed by atoms with van der Waals surface area (Å²) in [5.74, 6) is 1.96. The van der Waals surface area contributed by atoms with Crippen molar-refractivity contribution < 1.29 is 9.59 Å². The van der Waals surface area contributed by atoms with Gasteiger partial charge in [-0.2, -0.15) is 0 Å². The first-order valence-corrected chi connectivity index (χ1v) is 5.55. The molecule has 14 heavy (non-hydrogen) atoms. The molecule has 78 valence electrons. The fourth-order valence-corrected chi connectivity index (χ4v) is 3.16. The van der Waals surface area contributed by atoms with E-state index in [1.54, 1.807) is 6.92 Å². The molecule has 0 heterocycles. The fraction of sp³-hybridized carbons (Fsp3) is 0.833. The van der Waals surface area contributed by atoms with Crippen LogP contribution in [-0.2, 0) is 9.59 Å². The third kappa shape index (κ3) is 1.51. The first kappa shape index (κ1) is 9.88. The van der Waals surface area contributed by atoms with E-state index in [4.69, 9.17) is 0 Å². The molecule has 0 aromatic carbocycles. The van der Waals surface area contributed by atoms with E-state index in [0.29, 0.717) is 29.5 Å². The second-order valence-electron chi connectivity index (χ2n) is 5.20. The molecule has 0 aliphatic heterocycles. The number of hydrogen-bond acceptors (Lipinski definition) is 2. The lowest BCUT2D eigenvalue weighted by atomic mass is 9.89. The van der Waals surface area contributed by atoms with Crippen molar-refractivity contribution in [2.75, 3.05) is 0 Å². The van der Waals surface area contributed by atoms with Gasteiger partial charge in [0.1, 0.15) is 11.6 Å². The predicted molar refractivity (Wildman–Crippen MR) is 53.9 cm³/mol. The summed E-state index contributed by atoms with van der Waals surface area (Å²) in [5, 5.41) is 0. The van der Waals surface area contributed by atoms with Crippen LogP contribution in [0.25, 0.3) is 0 Å². The SMILES string of the molecule is CC(=O)CCC1C2CC(=O)CCC12C. The summed E-state index contributed by atoms with van der Waals surface area (Å²) in [6, 6.07) is 0. The fourth-order valence-electron chi connectivity index (χ4n) is 3.16. The molecule has 0 aromatic rings. The van der Waals surface area contributed by atoms with Crippen LogP contribution in [0.5, 0.6) is 0 Å². The lowest BCUT2D eigenvalue weighted by molar-refractivity contribution is -0.121. The van der Waals surface area contributed by atoms with Gasteiger partial charge in [-0.05, 0) is 37.0 Å². The summed E-state index contributed by atoms with van der Waals surface area (Å²) in [6.07, 6.45) is 4.30. The lowest BCUT2D eigenvalue weighted by Crippen LogP contribution is -2.12. The number of carbonyl (C=O) groups excluding carboxylic acids is 2. The minimum Gasteiger partial charge on any atom is -0.300 e. The van der Waals surface area contributed by atoms with Crippen molar-refractivity contribution in [3.05, 3.63) is 0 Å². The Labute approximate surface area is 85.1 Å². The van der Waals surface area contributed by atoms with Crippen molar-refractivity contribution in [2.45, 2.75) is 46.0 Å². The molecule has 0 aromatic heterocycles. The predicted octanol–water partition coefficient (Wildman–Crippen LogP) is 2.36. The van der Waals surface area contributed by atoms with E-state index in [9.17, 15) is 9.59 Å². The van der Waals surface area contributed by atoms with Gasteiger partial charge in [-0.3, -0.25) is 4.79 Å². The highest BCUT2D eigenvalue weighted by Gasteiger charge is 2.61. The van der Waals surface area contributed by atoms with Crippen molar-refractivity contribution in [3.63, 3.8) is 0 Å². The van der Waals surface area contributed by atoms with Crippen molar-refractivity contribution >= 4 is 11.6 Å². The topological polar surface area (TPSA) is 34.1 Å². The number of ketones is 2. The van der Waals surface area contributed by atoms with Gasteiger partial charge >= 0.3 is 0 Å². The van der Waals surface area contributed by atoms with Crippen molar-refractivity contribution in [1.29, 1.82) is 0 Å². The molecule has 3 atom stereocenters. The molecule has 2 nitrogen and oxygen atoms in total. The average molecular weight is 194 g/mol. The number of carbonyl (C=O) groups is 2. The van der Waals surface area contributed by atoms with E-state index in [2.05, 4.69) is 6.92 Å². The van der Waals surface area contributed by atoms with Crippen LogP contribution in [0, 0.1) is 17.3 Å². The van der Waals surface area contributed by atoms with Gasteiger partial charge in [-0.25, -0.2) is 0 Å². The quantitative estimate of drug-likeness (QED) is 0.691. The molecule has 0 saturated heterocycles. The number of Topliss-reactive ketones (excluding diaryl/α,β-unsaturated/α-hetero) is 2. The molecule has 2 fully saturated rings. The first-order valence-electron chi connectivity index (χ1n) is 5.55. The van der Waals surface area contributed by atoms with Gasteiger partial charge in [0, 0.05) is 19.3 Å². The third-order valence-corrected chi connectivity index (χ3v) is 4.27. The Bertz CT molecular complexity index is 282. The van der Waals surface area contributed by atoms with E-state index in [-0.39, 0.29) is 5.78 Å². The van der Waals surface area contributed by atoms with E-state index in [1.807, 2.05) is 0 Å². The van der Waals surface area contributed by atoms with Gasteiger partial charge in [-0.1, -0.05) is 6.92 Å². The van der Waals surface area contributed by atoms with Crippen molar-refractivity contribution in [2.24, 2.45) is 17.3 Å². The van der Waals surface area contributed by atoms with Gasteiger partial charge in [-0.15, -0.1) is 0 Å². The molecule has 0 bridgehead atoms. The van der Waals surface area contributed by atoms with Gasteiger partial charge in [0.15, 0.2) is 0 Å². The second-order valence-corrected chi connectivity index (χ2v) is 5.20. The summed E-state index contributed by atoms with van der Waals surface area (Å²) in [6.45, 7) is 3.94. The van der Waals surface area contributed by atoms with Crippen LogP contribution in [0.1, 0.15) is 46.0 Å². The molecule has 2 heteroatoms. The van der Waals surface area contributed by atoms with Crippen LogP contribution in [0.15, 0.2) is 0 Å². The Balaban J connectivity index is 1.91. The van der Waals surface area contributed by atoms with Crippen LogP contribution in [0.3, 0.4) is 0 Å². The number of hydrogen-bond donors (Lipinski definition) is 0. The van der Waals surface area contributed by atoms with Gasteiger partial charge in [0.05, 0.1) is 0 Å². The Morgan fingerprint density at radius 3 is 2.86 bits per heavy atom. The Morgan fingerprint density at radius 1 is 1.57 bits per heavy atom. The maximum absolute atomic E-state index is 11.3. The van der Waals surface area contributed by atoms with Crippen LogP contribution in [0.4, 0.5) is 0 Å². The smallest absolute Gasteiger partial charge is 0.133 e. The minimum atomic E-state index is 0.281. The highest BCUT2D eigenvalue weighted by molar-refractivity contribution is 5.80. The van der Waals surface area contributed by atoms with Crippen LogP contribution >= 0.6 is 0 Å². The molecular weight excluding hydrogens is 176 g/mol. The molecule has 0 amide bonds. The molecule has 2 aliphatic carbocycles. The average Bonchev–Trinajstić information content (AvgIpc) is 2.67. The van der Waals surface area contributed by atoms with E-state index in [0.717, 1.165) is 25.7 Å². The number of fused-ring (bicyclic) bond motifs is 1. The van der Waals surface area contributed by atoms with Crippen LogP contribution < -0.4 is 0 Å². The van der Waals surface area contributed by atoms with Crippen LogP contribution in [0.2, 0.25) is 0 Å². The van der Waals surface area contributed by atoms with Gasteiger partial charge < -0.3 is 4.79 Å². The number of rotatable bonds is 3. The van der Waals surface area contributed by atoms with Gasteiger partial charge in [0.25, 0.3) is 0 Å². The zero-order valence-corrected chi connectivity index (χ0v) is 9.01. The molecular formula is C12H18O2. The molecule has 3 unspecified atom stereocenters. The Hall–Kier alpha value is -0.660. The van der Waals surface area contributed by atoms with E-state index >= 15 is 0 Å². The molecule has 0 N–H and O–H groups in total. The zero-order valence-electron chi connectivity index (χ0n) is 9.01. The van der Waals surface area contributed by atoms with E-state index < -0.39 is 0 Å². The summed E-state index contributed by atoms with van der Waals surface area (Å²) in [5.41, 5.74) is 0.406.